The van der Waals surface area contributed by atoms with Crippen molar-refractivity contribution in [1.29, 1.82) is 5.41 Å². The zero-order chi connectivity index (χ0) is 27.9. The van der Waals surface area contributed by atoms with Gasteiger partial charge in [0, 0.05) is 19.2 Å². The summed E-state index contributed by atoms with van der Waals surface area (Å²) in [5.74, 6) is 0.631. The van der Waals surface area contributed by atoms with E-state index in [9.17, 15) is 13.2 Å². The van der Waals surface area contributed by atoms with Crippen LogP contribution in [-0.2, 0) is 13.0 Å². The molecule has 2 aliphatic rings. The van der Waals surface area contributed by atoms with E-state index in [0.717, 1.165) is 72.6 Å². The number of hydrogen-bond acceptors (Lipinski definition) is 5. The Labute approximate surface area is 223 Å². The molecule has 1 aromatic rings. The molecule has 38 heavy (non-hydrogen) atoms. The summed E-state index contributed by atoms with van der Waals surface area (Å²) in [5.41, 5.74) is 5.24. The predicted octanol–water partition coefficient (Wildman–Crippen LogP) is 7.43. The molecule has 0 saturated carbocycles. The van der Waals surface area contributed by atoms with Crippen molar-refractivity contribution in [2.75, 3.05) is 6.54 Å². The van der Waals surface area contributed by atoms with Crippen LogP contribution in [-0.4, -0.2) is 45.6 Å². The lowest BCUT2D eigenvalue weighted by molar-refractivity contribution is 0.186. The van der Waals surface area contributed by atoms with Gasteiger partial charge in [0.2, 0.25) is 0 Å². The molecule has 9 heteroatoms. The van der Waals surface area contributed by atoms with E-state index >= 15 is 0 Å². The minimum atomic E-state index is -2.38. The summed E-state index contributed by atoms with van der Waals surface area (Å²) in [7, 11) is 0. The van der Waals surface area contributed by atoms with Crippen molar-refractivity contribution in [3.8, 4) is 0 Å². The molecule has 0 saturated heterocycles. The molecule has 1 aromatic heterocycles. The highest BCUT2D eigenvalue weighted by atomic mass is 19.3. The largest absolute Gasteiger partial charge is 0.352 e. The van der Waals surface area contributed by atoms with Crippen molar-refractivity contribution in [3.63, 3.8) is 0 Å². The molecule has 0 radical (unpaired) electrons. The molecule has 204 valence electrons. The topological polar surface area (TPSA) is 80.5 Å². The van der Waals surface area contributed by atoms with Gasteiger partial charge in [-0.1, -0.05) is 51.2 Å². The number of hydrogen-bond donors (Lipinski definition) is 2. The summed E-state index contributed by atoms with van der Waals surface area (Å²) >= 11 is 0. The molecule has 0 atom stereocenters. The van der Waals surface area contributed by atoms with Crippen molar-refractivity contribution >= 4 is 17.8 Å². The average Bonchev–Trinajstić information content (AvgIpc) is 3.58. The Morgan fingerprint density at radius 2 is 2.00 bits per heavy atom. The van der Waals surface area contributed by atoms with E-state index < -0.39 is 6.43 Å². The number of rotatable bonds is 10. The maximum Gasteiger partial charge on any atom is 0.260 e. The van der Waals surface area contributed by atoms with Crippen LogP contribution in [0.3, 0.4) is 0 Å². The zero-order valence-corrected chi connectivity index (χ0v) is 22.4. The number of nitrogens with one attached hydrogen (secondary N) is 2. The van der Waals surface area contributed by atoms with Gasteiger partial charge in [-0.2, -0.15) is 5.10 Å². The second-order valence-corrected chi connectivity index (χ2v) is 8.77. The molecule has 0 aliphatic carbocycles. The lowest BCUT2D eigenvalue weighted by Gasteiger charge is -2.27. The number of allylic oxidation sites excluding steroid dienone is 11. The van der Waals surface area contributed by atoms with Gasteiger partial charge in [0.25, 0.3) is 6.43 Å². The monoisotopic (exact) mass is 526 g/mol. The molecule has 3 rings (SSSR count). The molecule has 0 aromatic carbocycles. The number of fused-ring (bicyclic) bond motifs is 1. The van der Waals surface area contributed by atoms with Crippen LogP contribution < -0.4 is 0 Å². The van der Waals surface area contributed by atoms with Crippen LogP contribution >= 0.6 is 0 Å². The van der Waals surface area contributed by atoms with E-state index in [1.54, 1.807) is 37.6 Å². The Bertz CT molecular complexity index is 1160. The van der Waals surface area contributed by atoms with Crippen molar-refractivity contribution in [2.45, 2.75) is 65.8 Å². The fourth-order valence-electron chi connectivity index (χ4n) is 3.82. The minimum Gasteiger partial charge on any atom is -0.352 e. The third-order valence-corrected chi connectivity index (χ3v) is 5.98. The Morgan fingerprint density at radius 3 is 2.66 bits per heavy atom. The van der Waals surface area contributed by atoms with Gasteiger partial charge in [-0.3, -0.25) is 0 Å². The Balaban J connectivity index is 0.000000312. The SMILES string of the molecule is C=C/C(F)=C\C=C(/CCC)C1=NN=C(N2CCc3nc[nH]c3C2)C1.CC\C(=C/C=C\C(C)=C\C=N)C(F)F. The summed E-state index contributed by atoms with van der Waals surface area (Å²) in [4.78, 5) is 9.75. The quantitative estimate of drug-likeness (QED) is 0.246. The van der Waals surface area contributed by atoms with Gasteiger partial charge in [-0.05, 0) is 54.7 Å². The van der Waals surface area contributed by atoms with Gasteiger partial charge >= 0.3 is 0 Å². The smallest absolute Gasteiger partial charge is 0.260 e. The minimum absolute atomic E-state index is 0.129. The van der Waals surface area contributed by atoms with Gasteiger partial charge in [-0.25, -0.2) is 18.2 Å². The molecule has 0 bridgehead atoms. The van der Waals surface area contributed by atoms with Crippen LogP contribution in [0.1, 0.15) is 57.8 Å². The summed E-state index contributed by atoms with van der Waals surface area (Å²) in [6.45, 7) is 10.7. The second-order valence-electron chi connectivity index (χ2n) is 8.77. The third kappa shape index (κ3) is 9.61. The molecular weight excluding hydrogens is 489 g/mol. The lowest BCUT2D eigenvalue weighted by Crippen LogP contribution is -2.36. The number of alkyl halides is 2. The predicted molar refractivity (Wildman–Crippen MR) is 151 cm³/mol. The molecule has 3 heterocycles. The van der Waals surface area contributed by atoms with Crippen molar-refractivity contribution in [1.82, 2.24) is 14.9 Å². The van der Waals surface area contributed by atoms with Crippen LogP contribution in [0.15, 0.2) is 88.2 Å². The third-order valence-electron chi connectivity index (χ3n) is 5.98. The Hall–Kier alpha value is -3.75. The van der Waals surface area contributed by atoms with E-state index in [1.807, 2.05) is 6.92 Å². The first kappa shape index (κ1) is 30.5. The highest BCUT2D eigenvalue weighted by Crippen LogP contribution is 2.22. The molecular formula is C29H37F3N6. The standard InChI is InChI=1S/C18H22FN5.C11H15F2N/c1-3-5-13(6-7-14(19)4-2)16-10-18(23-22-16)24-9-8-15-17(11-24)21-12-20-15;1-3-10(11(12)13)6-4-5-9(2)7-8-14/h4,6-7,12H,2-3,5,8-11H2,1H3,(H,20,21);4-8,11,14H,3H2,1-2H3/b13-6+,14-7+;5-4-,9-7+,10-6+,14-8?. The maximum atomic E-state index is 13.3. The normalized spacial score (nSPS) is 16.8. The summed E-state index contributed by atoms with van der Waals surface area (Å²) in [5, 5.41) is 15.5. The lowest BCUT2D eigenvalue weighted by atomic mass is 10.0. The highest BCUT2D eigenvalue weighted by Gasteiger charge is 2.25. The van der Waals surface area contributed by atoms with E-state index in [-0.39, 0.29) is 11.4 Å². The van der Waals surface area contributed by atoms with Gasteiger partial charge in [0.05, 0.1) is 36.4 Å². The molecule has 2 N–H and O–H groups in total. The molecule has 0 spiro atoms. The zero-order valence-electron chi connectivity index (χ0n) is 22.4. The first-order valence-corrected chi connectivity index (χ1v) is 12.7. The van der Waals surface area contributed by atoms with E-state index in [4.69, 9.17) is 5.41 Å². The first-order valence-electron chi connectivity index (χ1n) is 12.7. The number of nitrogens with zero attached hydrogens (tertiary/aromatic N) is 4. The fourth-order valence-corrected chi connectivity index (χ4v) is 3.82. The van der Waals surface area contributed by atoms with E-state index in [0.29, 0.717) is 12.8 Å². The van der Waals surface area contributed by atoms with Gasteiger partial charge in [0.1, 0.15) is 11.7 Å². The van der Waals surface area contributed by atoms with Gasteiger partial charge in [-0.15, -0.1) is 5.10 Å². The van der Waals surface area contributed by atoms with Crippen molar-refractivity contribution < 1.29 is 13.2 Å². The van der Waals surface area contributed by atoms with Gasteiger partial charge in [0.15, 0.2) is 0 Å². The second kappa shape index (κ2) is 16.2. The van der Waals surface area contributed by atoms with Gasteiger partial charge < -0.3 is 15.3 Å². The molecule has 2 aliphatic heterocycles. The maximum absolute atomic E-state index is 13.3. The number of halogens is 3. The first-order chi connectivity index (χ1) is 18.3. The van der Waals surface area contributed by atoms with Crippen LogP contribution in [0.25, 0.3) is 0 Å². The van der Waals surface area contributed by atoms with Crippen molar-refractivity contribution in [2.24, 2.45) is 10.2 Å². The summed E-state index contributed by atoms with van der Waals surface area (Å²) in [6, 6.07) is 0. The van der Waals surface area contributed by atoms with E-state index in [1.165, 1.54) is 18.2 Å². The molecule has 0 unspecified atom stereocenters. The summed E-state index contributed by atoms with van der Waals surface area (Å²) < 4.78 is 37.7. The summed E-state index contributed by atoms with van der Waals surface area (Å²) in [6.07, 6.45) is 15.1. The van der Waals surface area contributed by atoms with Crippen LogP contribution in [0.5, 0.6) is 0 Å². The van der Waals surface area contributed by atoms with Crippen LogP contribution in [0, 0.1) is 5.41 Å². The number of H-pyrrole nitrogens is 1. The average molecular weight is 527 g/mol. The Morgan fingerprint density at radius 1 is 1.21 bits per heavy atom. The molecule has 0 amide bonds. The molecule has 0 fully saturated rings. The number of amidine groups is 1. The number of aromatic nitrogens is 2. The fraction of sp³-hybridized carbons (Fsp3) is 0.379. The van der Waals surface area contributed by atoms with E-state index in [2.05, 4.69) is 38.6 Å². The van der Waals surface area contributed by atoms with Crippen LogP contribution in [0.4, 0.5) is 13.2 Å². The number of imidazole rings is 1. The highest BCUT2D eigenvalue weighted by molar-refractivity contribution is 6.14. The van der Waals surface area contributed by atoms with Crippen LogP contribution in [0.2, 0.25) is 0 Å². The molecule has 6 nitrogen and oxygen atoms in total. The number of aromatic amines is 1. The van der Waals surface area contributed by atoms with Crippen molar-refractivity contribution in [3.05, 3.63) is 89.4 Å². The Kier molecular flexibility index (Phi) is 13.0.